The first-order chi connectivity index (χ1) is 14.0. The molecular formula is C21H20ClN3O3S. The number of para-hydroxylation sites is 1. The van der Waals surface area contributed by atoms with E-state index >= 15 is 0 Å². The fraction of sp³-hybridized carbons (Fsp3) is 0.286. The van der Waals surface area contributed by atoms with Crippen LogP contribution in [0, 0.1) is 5.92 Å². The molecule has 8 heteroatoms. The molecule has 0 spiro atoms. The van der Waals surface area contributed by atoms with Crippen LogP contribution in [-0.4, -0.2) is 41.0 Å². The summed E-state index contributed by atoms with van der Waals surface area (Å²) >= 11 is 7.15. The first-order valence-corrected chi connectivity index (χ1v) is 10.7. The van der Waals surface area contributed by atoms with E-state index in [0.29, 0.717) is 36.6 Å². The highest BCUT2D eigenvalue weighted by Gasteiger charge is 2.37. The van der Waals surface area contributed by atoms with Gasteiger partial charge in [0.15, 0.2) is 5.25 Å². The summed E-state index contributed by atoms with van der Waals surface area (Å²) in [6.07, 6.45) is 1.14. The zero-order valence-electron chi connectivity index (χ0n) is 15.6. The van der Waals surface area contributed by atoms with Gasteiger partial charge in [-0.25, -0.2) is 0 Å². The van der Waals surface area contributed by atoms with Gasteiger partial charge in [-0.3, -0.25) is 14.4 Å². The van der Waals surface area contributed by atoms with Crippen LogP contribution in [0.15, 0.2) is 53.4 Å². The highest BCUT2D eigenvalue weighted by molar-refractivity contribution is 8.01. The van der Waals surface area contributed by atoms with Crippen LogP contribution in [0.4, 0.5) is 11.4 Å². The van der Waals surface area contributed by atoms with Crippen molar-refractivity contribution in [3.63, 3.8) is 0 Å². The molecule has 0 saturated carbocycles. The number of benzene rings is 2. The molecule has 2 aromatic rings. The topological polar surface area (TPSA) is 78.5 Å². The van der Waals surface area contributed by atoms with Crippen LogP contribution in [0.25, 0.3) is 0 Å². The maximum atomic E-state index is 12.9. The lowest BCUT2D eigenvalue weighted by Crippen LogP contribution is -2.48. The second-order valence-corrected chi connectivity index (χ2v) is 8.66. The zero-order chi connectivity index (χ0) is 20.4. The van der Waals surface area contributed by atoms with E-state index in [1.165, 1.54) is 11.8 Å². The minimum atomic E-state index is -0.788. The Labute approximate surface area is 178 Å². The quantitative estimate of drug-likeness (QED) is 0.730. The number of nitrogens with one attached hydrogen (secondary N) is 2. The maximum Gasteiger partial charge on any atom is 0.247 e. The second-order valence-electron chi connectivity index (χ2n) is 7.08. The summed E-state index contributed by atoms with van der Waals surface area (Å²) in [5.41, 5.74) is 1.44. The molecule has 150 valence electrons. The smallest absolute Gasteiger partial charge is 0.247 e. The van der Waals surface area contributed by atoms with E-state index in [4.69, 9.17) is 11.6 Å². The molecule has 2 aliphatic heterocycles. The third-order valence-corrected chi connectivity index (χ3v) is 6.65. The normalized spacial score (nSPS) is 19.3. The highest BCUT2D eigenvalue weighted by Crippen LogP contribution is 2.36. The Morgan fingerprint density at radius 3 is 2.48 bits per heavy atom. The molecule has 1 saturated heterocycles. The summed E-state index contributed by atoms with van der Waals surface area (Å²) in [5, 5.41) is 5.53. The number of piperidine rings is 1. The van der Waals surface area contributed by atoms with Crippen molar-refractivity contribution in [2.24, 2.45) is 5.92 Å². The number of amides is 3. The molecule has 29 heavy (non-hydrogen) atoms. The van der Waals surface area contributed by atoms with E-state index in [-0.39, 0.29) is 23.6 Å². The van der Waals surface area contributed by atoms with Gasteiger partial charge in [0.05, 0.1) is 5.69 Å². The fourth-order valence-corrected chi connectivity index (χ4v) is 4.72. The van der Waals surface area contributed by atoms with Crippen LogP contribution in [0.1, 0.15) is 12.8 Å². The number of fused-ring (bicyclic) bond motifs is 1. The van der Waals surface area contributed by atoms with Crippen LogP contribution in [0.2, 0.25) is 5.02 Å². The van der Waals surface area contributed by atoms with Gasteiger partial charge < -0.3 is 15.5 Å². The summed E-state index contributed by atoms with van der Waals surface area (Å²) in [7, 11) is 0. The number of carbonyl (C=O) groups is 3. The minimum Gasteiger partial charge on any atom is -0.341 e. The number of carbonyl (C=O) groups excluding carboxylic acids is 3. The Bertz CT molecular complexity index is 942. The van der Waals surface area contributed by atoms with Gasteiger partial charge >= 0.3 is 0 Å². The SMILES string of the molecule is O=C(Nc1ccc(Cl)cc1)C1CCN(C(=O)C2Sc3ccccc3NC2=O)CC1. The van der Waals surface area contributed by atoms with Crippen LogP contribution >= 0.6 is 23.4 Å². The van der Waals surface area contributed by atoms with E-state index in [2.05, 4.69) is 10.6 Å². The largest absolute Gasteiger partial charge is 0.341 e. The number of hydrogen-bond donors (Lipinski definition) is 2. The van der Waals surface area contributed by atoms with Crippen molar-refractivity contribution >= 4 is 52.5 Å². The third-order valence-electron chi connectivity index (χ3n) is 5.14. The molecule has 2 N–H and O–H groups in total. The second kappa shape index (κ2) is 8.47. The first kappa shape index (κ1) is 19.8. The standard InChI is InChI=1S/C21H20ClN3O3S/c22-14-5-7-15(8-6-14)23-19(26)13-9-11-25(12-10-13)21(28)18-20(27)24-16-3-1-2-4-17(16)29-18/h1-8,13,18H,9-12H2,(H,23,26)(H,24,27). The zero-order valence-corrected chi connectivity index (χ0v) is 17.1. The van der Waals surface area contributed by atoms with Gasteiger partial charge in [-0.15, -0.1) is 11.8 Å². The molecule has 1 unspecified atom stereocenters. The highest BCUT2D eigenvalue weighted by atomic mass is 35.5. The summed E-state index contributed by atoms with van der Waals surface area (Å²) in [6.45, 7) is 0.924. The number of rotatable bonds is 3. The number of hydrogen-bond acceptors (Lipinski definition) is 4. The Morgan fingerprint density at radius 1 is 1.07 bits per heavy atom. The molecule has 1 atom stereocenters. The van der Waals surface area contributed by atoms with Crippen molar-refractivity contribution in [1.82, 2.24) is 4.90 Å². The molecule has 2 heterocycles. The lowest BCUT2D eigenvalue weighted by atomic mass is 9.95. The van der Waals surface area contributed by atoms with Gasteiger partial charge in [0, 0.05) is 34.6 Å². The lowest BCUT2D eigenvalue weighted by molar-refractivity contribution is -0.136. The van der Waals surface area contributed by atoms with Crippen LogP contribution < -0.4 is 10.6 Å². The third kappa shape index (κ3) is 4.41. The number of halogens is 1. The van der Waals surface area contributed by atoms with Gasteiger partial charge in [0.2, 0.25) is 17.7 Å². The van der Waals surface area contributed by atoms with Crippen LogP contribution in [0.5, 0.6) is 0 Å². The van der Waals surface area contributed by atoms with Gasteiger partial charge in [-0.1, -0.05) is 23.7 Å². The van der Waals surface area contributed by atoms with Gasteiger partial charge in [0.25, 0.3) is 0 Å². The van der Waals surface area contributed by atoms with Crippen LogP contribution in [-0.2, 0) is 14.4 Å². The number of nitrogens with zero attached hydrogens (tertiary/aromatic N) is 1. The van der Waals surface area contributed by atoms with Crippen LogP contribution in [0.3, 0.4) is 0 Å². The number of thioether (sulfide) groups is 1. The van der Waals surface area contributed by atoms with Crippen molar-refractivity contribution in [3.05, 3.63) is 53.6 Å². The Kier molecular flexibility index (Phi) is 5.78. The van der Waals surface area contributed by atoms with Gasteiger partial charge in [0.1, 0.15) is 0 Å². The predicted octanol–water partition coefficient (Wildman–Crippen LogP) is 3.63. The molecule has 0 bridgehead atoms. The van der Waals surface area contributed by atoms with E-state index < -0.39 is 5.25 Å². The monoisotopic (exact) mass is 429 g/mol. The van der Waals surface area contributed by atoms with Crippen molar-refractivity contribution in [2.45, 2.75) is 23.0 Å². The average Bonchev–Trinajstić information content (AvgIpc) is 2.74. The Hall–Kier alpha value is -2.51. The molecule has 0 aromatic heterocycles. The fourth-order valence-electron chi connectivity index (χ4n) is 3.52. The van der Waals surface area contributed by atoms with Crippen molar-refractivity contribution in [1.29, 1.82) is 0 Å². The number of likely N-dealkylation sites (tertiary alicyclic amines) is 1. The summed E-state index contributed by atoms with van der Waals surface area (Å²) in [4.78, 5) is 40.4. The molecule has 3 amide bonds. The van der Waals surface area contributed by atoms with Crippen molar-refractivity contribution in [2.75, 3.05) is 23.7 Å². The summed E-state index contributed by atoms with van der Waals surface area (Å²) < 4.78 is 0. The molecule has 2 aromatic carbocycles. The van der Waals surface area contributed by atoms with Gasteiger partial charge in [-0.05, 0) is 49.2 Å². The molecule has 0 radical (unpaired) electrons. The molecule has 0 aliphatic carbocycles. The van der Waals surface area contributed by atoms with E-state index in [1.54, 1.807) is 29.2 Å². The molecular weight excluding hydrogens is 410 g/mol. The molecule has 2 aliphatic rings. The molecule has 6 nitrogen and oxygen atoms in total. The average molecular weight is 430 g/mol. The summed E-state index contributed by atoms with van der Waals surface area (Å²) in [5.74, 6) is -0.707. The van der Waals surface area contributed by atoms with E-state index in [0.717, 1.165) is 10.6 Å². The van der Waals surface area contributed by atoms with Crippen molar-refractivity contribution < 1.29 is 14.4 Å². The predicted molar refractivity (Wildman–Crippen MR) is 114 cm³/mol. The maximum absolute atomic E-state index is 12.9. The van der Waals surface area contributed by atoms with E-state index in [9.17, 15) is 14.4 Å². The lowest BCUT2D eigenvalue weighted by Gasteiger charge is -2.34. The van der Waals surface area contributed by atoms with Gasteiger partial charge in [-0.2, -0.15) is 0 Å². The van der Waals surface area contributed by atoms with E-state index in [1.807, 2.05) is 24.3 Å². The molecule has 4 rings (SSSR count). The van der Waals surface area contributed by atoms with Crippen molar-refractivity contribution in [3.8, 4) is 0 Å². The Morgan fingerprint density at radius 2 is 1.76 bits per heavy atom. The Balaban J connectivity index is 1.33. The number of anilines is 2. The first-order valence-electron chi connectivity index (χ1n) is 9.43. The minimum absolute atomic E-state index is 0.0573. The molecule has 1 fully saturated rings. The summed E-state index contributed by atoms with van der Waals surface area (Å²) in [6, 6.07) is 14.4.